The first-order chi connectivity index (χ1) is 18.7. The maximum atomic E-state index is 13.0. The summed E-state index contributed by atoms with van der Waals surface area (Å²) in [6.45, 7) is 5.59. The Morgan fingerprint density at radius 3 is 2.51 bits per heavy atom. The third-order valence-electron chi connectivity index (χ3n) is 5.95. The monoisotopic (exact) mass is 529 g/mol. The molecule has 0 saturated carbocycles. The van der Waals surface area contributed by atoms with Crippen LogP contribution in [0.2, 0.25) is 0 Å². The van der Waals surface area contributed by atoms with E-state index in [-0.39, 0.29) is 29.4 Å². The number of carbonyl (C=O) groups is 1. The van der Waals surface area contributed by atoms with E-state index in [0.29, 0.717) is 23.6 Å². The number of halogens is 2. The number of pyridine rings is 2. The van der Waals surface area contributed by atoms with Crippen LogP contribution in [-0.4, -0.2) is 45.8 Å². The van der Waals surface area contributed by atoms with E-state index in [9.17, 15) is 13.6 Å². The molecule has 5 aromatic heterocycles. The van der Waals surface area contributed by atoms with Gasteiger partial charge in [-0.2, -0.15) is 10.2 Å². The van der Waals surface area contributed by atoms with Gasteiger partial charge in [-0.15, -0.1) is 0 Å². The molecular weight excluding hydrogens is 504 g/mol. The second-order valence-electron chi connectivity index (χ2n) is 9.10. The number of carbonyl (C=O) groups excluding carboxylic acids is 1. The van der Waals surface area contributed by atoms with E-state index in [1.54, 1.807) is 36.7 Å². The van der Waals surface area contributed by atoms with Crippen LogP contribution in [0.25, 0.3) is 17.2 Å². The van der Waals surface area contributed by atoms with E-state index < -0.39 is 6.43 Å². The number of alkyl halides is 2. The third kappa shape index (κ3) is 6.00. The molecular formula is C27H25F2N9O. The lowest BCUT2D eigenvalue weighted by Crippen LogP contribution is -2.23. The Labute approximate surface area is 222 Å². The van der Waals surface area contributed by atoms with Crippen LogP contribution < -0.4 is 5.32 Å². The normalized spacial score (nSPS) is 11.2. The number of rotatable bonds is 8. The van der Waals surface area contributed by atoms with E-state index >= 15 is 0 Å². The molecule has 2 N–H and O–H groups in total. The molecule has 0 fully saturated rings. The fraction of sp³-hybridized carbons (Fsp3) is 0.222. The molecule has 0 radical (unpaired) electrons. The number of nitrogens with one attached hydrogen (secondary N) is 2. The zero-order chi connectivity index (χ0) is 27.5. The first-order valence-corrected chi connectivity index (χ1v) is 12.1. The summed E-state index contributed by atoms with van der Waals surface area (Å²) in [7, 11) is 0. The molecule has 12 heteroatoms. The average Bonchev–Trinajstić information content (AvgIpc) is 3.52. The van der Waals surface area contributed by atoms with Crippen LogP contribution >= 0.6 is 0 Å². The van der Waals surface area contributed by atoms with Gasteiger partial charge in [-0.3, -0.25) is 14.9 Å². The highest BCUT2D eigenvalue weighted by Crippen LogP contribution is 2.22. The van der Waals surface area contributed by atoms with Crippen molar-refractivity contribution in [2.45, 2.75) is 40.2 Å². The van der Waals surface area contributed by atoms with E-state index in [0.717, 1.165) is 28.3 Å². The Balaban J connectivity index is 1.21. The standard InChI is InChI=1S/C27H25F2N9O/c1-15-8-20(10-21-9-16(2)35-36-21)34-26(33-15)19-5-6-23(30-13-19)27(39)32-12-18-4-7-24(31-11-18)38-14-22(25(28)29)17(3)37-38/h4-9,11,13-14,25H,10,12H2,1-3H3,(H,32,39)(H,35,36). The van der Waals surface area contributed by atoms with Crippen molar-refractivity contribution in [1.29, 1.82) is 0 Å². The lowest BCUT2D eigenvalue weighted by atomic mass is 10.2. The summed E-state index contributed by atoms with van der Waals surface area (Å²) in [5.41, 5.74) is 5.32. The van der Waals surface area contributed by atoms with E-state index in [4.69, 9.17) is 0 Å². The number of nitrogens with zero attached hydrogens (tertiary/aromatic N) is 7. The molecule has 10 nitrogen and oxygen atoms in total. The van der Waals surface area contributed by atoms with E-state index in [1.165, 1.54) is 17.8 Å². The number of hydrogen-bond donors (Lipinski definition) is 2. The van der Waals surface area contributed by atoms with Crippen molar-refractivity contribution in [1.82, 2.24) is 45.2 Å². The molecule has 0 aliphatic carbocycles. The summed E-state index contributed by atoms with van der Waals surface area (Å²) in [5.74, 6) is 0.573. The number of aromatic amines is 1. The number of hydrogen-bond acceptors (Lipinski definition) is 7. The van der Waals surface area contributed by atoms with Crippen LogP contribution in [0.1, 0.15) is 56.5 Å². The highest BCUT2D eigenvalue weighted by molar-refractivity contribution is 5.92. The molecule has 0 aliphatic rings. The fourth-order valence-corrected chi connectivity index (χ4v) is 4.00. The van der Waals surface area contributed by atoms with Gasteiger partial charge in [0.1, 0.15) is 5.69 Å². The molecule has 5 rings (SSSR count). The van der Waals surface area contributed by atoms with Gasteiger partial charge in [0.25, 0.3) is 12.3 Å². The number of amides is 1. The Morgan fingerprint density at radius 1 is 1.03 bits per heavy atom. The summed E-state index contributed by atoms with van der Waals surface area (Å²) in [5, 5.41) is 14.1. The molecule has 1 amide bonds. The van der Waals surface area contributed by atoms with Gasteiger partial charge in [0.15, 0.2) is 11.6 Å². The Morgan fingerprint density at radius 2 is 1.87 bits per heavy atom. The van der Waals surface area contributed by atoms with E-state index in [2.05, 4.69) is 40.5 Å². The first-order valence-electron chi connectivity index (χ1n) is 12.1. The molecule has 0 unspecified atom stereocenters. The first kappa shape index (κ1) is 25.8. The maximum Gasteiger partial charge on any atom is 0.270 e. The SMILES string of the molecule is Cc1cc(Cc2cc(C)[nH]n2)nc(-c2ccc(C(=O)NCc3ccc(-n4cc(C(F)F)c(C)n4)nc3)nc2)n1. The van der Waals surface area contributed by atoms with Gasteiger partial charge in [0, 0.05) is 48.5 Å². The quantitative estimate of drug-likeness (QED) is 0.308. The van der Waals surface area contributed by atoms with Crippen LogP contribution in [-0.2, 0) is 13.0 Å². The van der Waals surface area contributed by atoms with Gasteiger partial charge in [-0.1, -0.05) is 6.07 Å². The van der Waals surface area contributed by atoms with Gasteiger partial charge in [-0.25, -0.2) is 28.4 Å². The molecule has 0 aromatic carbocycles. The van der Waals surface area contributed by atoms with Crippen LogP contribution in [0.4, 0.5) is 8.78 Å². The summed E-state index contributed by atoms with van der Waals surface area (Å²) in [6.07, 6.45) is 2.36. The molecule has 39 heavy (non-hydrogen) atoms. The minimum absolute atomic E-state index is 0.134. The molecule has 0 bridgehead atoms. The molecule has 0 atom stereocenters. The number of aromatic nitrogens is 8. The largest absolute Gasteiger partial charge is 0.347 e. The van der Waals surface area contributed by atoms with Crippen LogP contribution in [0.3, 0.4) is 0 Å². The lowest BCUT2D eigenvalue weighted by molar-refractivity contribution is 0.0946. The van der Waals surface area contributed by atoms with Gasteiger partial charge in [0.2, 0.25) is 0 Å². The molecule has 5 heterocycles. The van der Waals surface area contributed by atoms with Crippen molar-refractivity contribution in [2.24, 2.45) is 0 Å². The summed E-state index contributed by atoms with van der Waals surface area (Å²) < 4.78 is 27.4. The predicted octanol–water partition coefficient (Wildman–Crippen LogP) is 4.23. The summed E-state index contributed by atoms with van der Waals surface area (Å²) >= 11 is 0. The zero-order valence-corrected chi connectivity index (χ0v) is 21.5. The Kier molecular flexibility index (Phi) is 7.17. The van der Waals surface area contributed by atoms with Crippen LogP contribution in [0.15, 0.2) is 55.0 Å². The molecule has 0 spiro atoms. The van der Waals surface area contributed by atoms with Crippen LogP contribution in [0.5, 0.6) is 0 Å². The Hall–Kier alpha value is -4.87. The fourth-order valence-electron chi connectivity index (χ4n) is 4.00. The van der Waals surface area contributed by atoms with Gasteiger partial charge >= 0.3 is 0 Å². The maximum absolute atomic E-state index is 13.0. The molecule has 0 aliphatic heterocycles. The van der Waals surface area contributed by atoms with E-state index in [1.807, 2.05) is 26.0 Å². The zero-order valence-electron chi connectivity index (χ0n) is 21.5. The highest BCUT2D eigenvalue weighted by atomic mass is 19.3. The van der Waals surface area contributed by atoms with Crippen molar-refractivity contribution >= 4 is 5.91 Å². The van der Waals surface area contributed by atoms with Gasteiger partial charge in [-0.05, 0) is 56.7 Å². The minimum Gasteiger partial charge on any atom is -0.347 e. The van der Waals surface area contributed by atoms with Gasteiger partial charge in [0.05, 0.1) is 22.6 Å². The predicted molar refractivity (Wildman–Crippen MR) is 138 cm³/mol. The minimum atomic E-state index is -2.60. The Bertz CT molecular complexity index is 1610. The number of H-pyrrole nitrogens is 1. The van der Waals surface area contributed by atoms with Crippen LogP contribution in [0, 0.1) is 20.8 Å². The van der Waals surface area contributed by atoms with Gasteiger partial charge < -0.3 is 5.32 Å². The second-order valence-corrected chi connectivity index (χ2v) is 9.10. The topological polar surface area (TPSA) is 127 Å². The van der Waals surface area contributed by atoms with Crippen molar-refractivity contribution in [2.75, 3.05) is 0 Å². The van der Waals surface area contributed by atoms with Crippen molar-refractivity contribution in [3.8, 4) is 17.2 Å². The van der Waals surface area contributed by atoms with Crippen molar-refractivity contribution in [3.05, 3.63) is 100 Å². The molecule has 5 aromatic rings. The molecule has 198 valence electrons. The smallest absolute Gasteiger partial charge is 0.270 e. The third-order valence-corrected chi connectivity index (χ3v) is 5.95. The molecule has 0 saturated heterocycles. The average molecular weight is 530 g/mol. The van der Waals surface area contributed by atoms with Crippen molar-refractivity contribution in [3.63, 3.8) is 0 Å². The summed E-state index contributed by atoms with van der Waals surface area (Å²) in [4.78, 5) is 30.4. The highest BCUT2D eigenvalue weighted by Gasteiger charge is 2.16. The lowest BCUT2D eigenvalue weighted by Gasteiger charge is -2.08. The van der Waals surface area contributed by atoms with Crippen molar-refractivity contribution < 1.29 is 13.6 Å². The number of aryl methyl sites for hydroxylation is 3. The summed E-state index contributed by atoms with van der Waals surface area (Å²) in [6, 6.07) is 10.7. The second kappa shape index (κ2) is 10.9.